The van der Waals surface area contributed by atoms with Crippen LogP contribution in [0.3, 0.4) is 0 Å². The van der Waals surface area contributed by atoms with E-state index in [1.165, 1.54) is 24.4 Å². The van der Waals surface area contributed by atoms with Gasteiger partial charge in [-0.25, -0.2) is 13.6 Å². The van der Waals surface area contributed by atoms with Crippen molar-refractivity contribution in [1.82, 2.24) is 0 Å². The number of carboxylic acid groups (broad SMARTS) is 1. The second-order valence-corrected chi connectivity index (χ2v) is 6.80. The number of thiophene rings is 1. The van der Waals surface area contributed by atoms with Crippen LogP contribution in [-0.4, -0.2) is 23.2 Å². The standard InChI is InChI=1S/C12H9F2NO2S.C8H9N3O/c1-5-2-3-6(10(14)9(5)13)7-4-18-11(15)8(7)12(16)17;9-8(6-12)11-10-7-4-2-1-3-5-7/h2-4H,15H2,1H3,(H,16,17);1-6,10H,(H2,9,11). The Kier molecular flexibility index (Phi) is 7.59. The fourth-order valence-corrected chi connectivity index (χ4v) is 3.12. The van der Waals surface area contributed by atoms with Crippen molar-refractivity contribution in [3.8, 4) is 11.1 Å². The molecule has 0 amide bonds. The maximum atomic E-state index is 13.8. The molecule has 0 saturated carbocycles. The molecule has 1 heterocycles. The molecular formula is C20H18F2N4O3S. The molecule has 0 saturated heterocycles. The highest BCUT2D eigenvalue weighted by Crippen LogP contribution is 2.36. The number of hydrogen-bond donors (Lipinski definition) is 4. The van der Waals surface area contributed by atoms with Crippen molar-refractivity contribution in [3.63, 3.8) is 0 Å². The van der Waals surface area contributed by atoms with E-state index < -0.39 is 17.6 Å². The zero-order valence-corrected chi connectivity index (χ0v) is 16.5. The quantitative estimate of drug-likeness (QED) is 0.210. The zero-order chi connectivity index (χ0) is 22.3. The van der Waals surface area contributed by atoms with Crippen LogP contribution in [0.15, 0.2) is 52.9 Å². The van der Waals surface area contributed by atoms with Gasteiger partial charge in [-0.3, -0.25) is 10.2 Å². The number of carboxylic acids is 1. The maximum absolute atomic E-state index is 13.8. The van der Waals surface area contributed by atoms with E-state index in [0.717, 1.165) is 17.0 Å². The van der Waals surface area contributed by atoms with Crippen molar-refractivity contribution in [2.24, 2.45) is 10.8 Å². The number of rotatable bonds is 5. The van der Waals surface area contributed by atoms with Crippen molar-refractivity contribution in [2.45, 2.75) is 6.92 Å². The molecule has 0 radical (unpaired) electrons. The predicted octanol–water partition coefficient (Wildman–Crippen LogP) is 3.85. The molecule has 156 valence electrons. The Morgan fingerprint density at radius 1 is 1.13 bits per heavy atom. The molecular weight excluding hydrogens is 414 g/mol. The molecule has 3 aromatic rings. The van der Waals surface area contributed by atoms with Crippen molar-refractivity contribution in [2.75, 3.05) is 11.2 Å². The molecule has 0 bridgehead atoms. The lowest BCUT2D eigenvalue weighted by molar-refractivity contribution is -0.102. The number of hydrazone groups is 1. The number of carbonyl (C=O) groups is 2. The van der Waals surface area contributed by atoms with Crippen LogP contribution in [0.4, 0.5) is 19.5 Å². The molecule has 1 aromatic heterocycles. The van der Waals surface area contributed by atoms with Crippen LogP contribution in [-0.2, 0) is 4.79 Å². The fourth-order valence-electron chi connectivity index (χ4n) is 2.31. The SMILES string of the molecule is Cc1ccc(-c2csc(N)c2C(=O)O)c(F)c1F.N/C(C=O)=N\Nc1ccccc1. The van der Waals surface area contributed by atoms with E-state index in [0.29, 0.717) is 6.29 Å². The van der Waals surface area contributed by atoms with Crippen molar-refractivity contribution >= 4 is 40.1 Å². The van der Waals surface area contributed by atoms with Crippen LogP contribution < -0.4 is 16.9 Å². The molecule has 2 aromatic carbocycles. The van der Waals surface area contributed by atoms with Crippen LogP contribution in [0.25, 0.3) is 11.1 Å². The van der Waals surface area contributed by atoms with E-state index in [2.05, 4.69) is 10.5 Å². The number of benzene rings is 2. The van der Waals surface area contributed by atoms with E-state index in [-0.39, 0.29) is 33.1 Å². The second-order valence-electron chi connectivity index (χ2n) is 5.88. The number of amidine groups is 1. The van der Waals surface area contributed by atoms with Gasteiger partial charge in [-0.2, -0.15) is 5.10 Å². The lowest BCUT2D eigenvalue weighted by atomic mass is 10.0. The Hall–Kier alpha value is -3.79. The molecule has 6 N–H and O–H groups in total. The Morgan fingerprint density at radius 2 is 1.80 bits per heavy atom. The largest absolute Gasteiger partial charge is 0.478 e. The predicted molar refractivity (Wildman–Crippen MR) is 114 cm³/mol. The molecule has 30 heavy (non-hydrogen) atoms. The Labute approximate surface area is 174 Å². The van der Waals surface area contributed by atoms with Crippen LogP contribution in [0, 0.1) is 18.6 Å². The van der Waals surface area contributed by atoms with Gasteiger partial charge >= 0.3 is 5.97 Å². The number of nitrogen functional groups attached to an aromatic ring is 1. The highest BCUT2D eigenvalue weighted by atomic mass is 32.1. The summed E-state index contributed by atoms with van der Waals surface area (Å²) in [7, 11) is 0. The maximum Gasteiger partial charge on any atom is 0.339 e. The van der Waals surface area contributed by atoms with Gasteiger partial charge in [0.2, 0.25) is 0 Å². The summed E-state index contributed by atoms with van der Waals surface area (Å²) in [5.74, 6) is -3.37. The molecule has 0 atom stereocenters. The number of nitrogens with two attached hydrogens (primary N) is 2. The zero-order valence-electron chi connectivity index (χ0n) is 15.7. The van der Waals surface area contributed by atoms with Gasteiger partial charge in [0, 0.05) is 16.5 Å². The van der Waals surface area contributed by atoms with E-state index >= 15 is 0 Å². The van der Waals surface area contributed by atoms with Gasteiger partial charge in [-0.1, -0.05) is 30.3 Å². The van der Waals surface area contributed by atoms with Crippen LogP contribution in [0.1, 0.15) is 15.9 Å². The van der Waals surface area contributed by atoms with Crippen LogP contribution in [0.2, 0.25) is 0 Å². The number of nitrogens with one attached hydrogen (secondary N) is 1. The molecule has 0 spiro atoms. The third-order valence-electron chi connectivity index (χ3n) is 3.81. The van der Waals surface area contributed by atoms with E-state index in [9.17, 15) is 18.4 Å². The number of carbonyl (C=O) groups excluding carboxylic acids is 1. The Balaban J connectivity index is 0.000000232. The number of aromatic carboxylic acids is 1. The monoisotopic (exact) mass is 432 g/mol. The van der Waals surface area contributed by atoms with Crippen LogP contribution in [0.5, 0.6) is 0 Å². The van der Waals surface area contributed by atoms with Gasteiger partial charge in [-0.05, 0) is 24.6 Å². The number of para-hydroxylation sites is 1. The highest BCUT2D eigenvalue weighted by Gasteiger charge is 2.22. The number of nitrogens with zero attached hydrogens (tertiary/aromatic N) is 1. The van der Waals surface area contributed by atoms with Crippen molar-refractivity contribution in [3.05, 3.63) is 70.6 Å². The molecule has 0 unspecified atom stereocenters. The number of aryl methyl sites for hydroxylation is 1. The smallest absolute Gasteiger partial charge is 0.339 e. The topological polar surface area (TPSA) is 131 Å². The van der Waals surface area contributed by atoms with Gasteiger partial charge in [0.25, 0.3) is 0 Å². The molecule has 10 heteroatoms. The first-order chi connectivity index (χ1) is 14.3. The van der Waals surface area contributed by atoms with E-state index in [1.807, 2.05) is 30.3 Å². The molecule has 3 rings (SSSR count). The number of aldehydes is 1. The average Bonchev–Trinajstić information content (AvgIpc) is 3.13. The first-order valence-corrected chi connectivity index (χ1v) is 9.28. The second kappa shape index (κ2) is 10.1. The summed E-state index contributed by atoms with van der Waals surface area (Å²) < 4.78 is 27.3. The Bertz CT molecular complexity index is 1090. The van der Waals surface area contributed by atoms with Gasteiger partial charge < -0.3 is 16.6 Å². The van der Waals surface area contributed by atoms with Gasteiger partial charge in [-0.15, -0.1) is 11.3 Å². The van der Waals surface area contributed by atoms with Crippen LogP contribution >= 0.6 is 11.3 Å². The summed E-state index contributed by atoms with van der Waals surface area (Å²) in [6.07, 6.45) is 0.482. The summed E-state index contributed by atoms with van der Waals surface area (Å²) >= 11 is 0.981. The molecule has 7 nitrogen and oxygen atoms in total. The van der Waals surface area contributed by atoms with Crippen molar-refractivity contribution in [1.29, 1.82) is 0 Å². The summed E-state index contributed by atoms with van der Waals surface area (Å²) in [6.45, 7) is 1.43. The fraction of sp³-hybridized carbons (Fsp3) is 0.0500. The minimum Gasteiger partial charge on any atom is -0.478 e. The summed E-state index contributed by atoms with van der Waals surface area (Å²) in [4.78, 5) is 21.1. The third-order valence-corrected chi connectivity index (χ3v) is 4.62. The minimum atomic E-state index is -1.26. The normalized spacial score (nSPS) is 10.7. The first-order valence-electron chi connectivity index (χ1n) is 8.40. The third kappa shape index (κ3) is 5.39. The summed E-state index contributed by atoms with van der Waals surface area (Å²) in [6, 6.07) is 12.0. The van der Waals surface area contributed by atoms with Gasteiger partial charge in [0.15, 0.2) is 23.8 Å². The Morgan fingerprint density at radius 3 is 2.40 bits per heavy atom. The first kappa shape index (κ1) is 22.5. The lowest BCUT2D eigenvalue weighted by Crippen LogP contribution is -2.14. The average molecular weight is 432 g/mol. The molecule has 0 aliphatic rings. The molecule has 0 fully saturated rings. The summed E-state index contributed by atoms with van der Waals surface area (Å²) in [5.41, 5.74) is 14.1. The summed E-state index contributed by atoms with van der Waals surface area (Å²) in [5, 5.41) is 14.1. The molecule has 0 aliphatic carbocycles. The lowest BCUT2D eigenvalue weighted by Gasteiger charge is -2.06. The number of hydrogen-bond acceptors (Lipinski definition) is 6. The highest BCUT2D eigenvalue weighted by molar-refractivity contribution is 7.14. The van der Waals surface area contributed by atoms with E-state index in [4.69, 9.17) is 16.6 Å². The van der Waals surface area contributed by atoms with Gasteiger partial charge in [0.1, 0.15) is 10.6 Å². The number of halogens is 2. The van der Waals surface area contributed by atoms with Crippen molar-refractivity contribution < 1.29 is 23.5 Å². The molecule has 0 aliphatic heterocycles. The van der Waals surface area contributed by atoms with E-state index in [1.54, 1.807) is 0 Å². The number of anilines is 2. The minimum absolute atomic E-state index is 0.0675. The van der Waals surface area contributed by atoms with Gasteiger partial charge in [0.05, 0.1) is 5.69 Å².